The van der Waals surface area contributed by atoms with Crippen molar-refractivity contribution in [3.05, 3.63) is 35.8 Å². The van der Waals surface area contributed by atoms with E-state index in [0.717, 1.165) is 5.57 Å². The van der Waals surface area contributed by atoms with Crippen LogP contribution in [0.5, 0.6) is 0 Å². The van der Waals surface area contributed by atoms with Gasteiger partial charge in [0, 0.05) is 0 Å². The number of allylic oxidation sites excluding steroid dienone is 3. The first kappa shape index (κ1) is 10.8. The summed E-state index contributed by atoms with van der Waals surface area (Å²) in [5, 5.41) is 17.8. The molecule has 68 valence electrons. The van der Waals surface area contributed by atoms with Crippen LogP contribution in [0.4, 0.5) is 0 Å². The number of nitrogens with two attached hydrogens (primary N) is 1. The summed E-state index contributed by atoms with van der Waals surface area (Å²) in [6.07, 6.45) is 3.71. The smallest absolute Gasteiger partial charge is 0.152 e. The summed E-state index contributed by atoms with van der Waals surface area (Å²) in [7, 11) is 0. The number of aliphatic hydroxyl groups excluding tert-OH is 2. The molecule has 0 saturated carbocycles. The second kappa shape index (κ2) is 5.43. The van der Waals surface area contributed by atoms with Crippen LogP contribution >= 0.6 is 0 Å². The molecule has 0 aromatic rings. The minimum absolute atomic E-state index is 0.105. The summed E-state index contributed by atoms with van der Waals surface area (Å²) in [5.41, 5.74) is 6.10. The first-order chi connectivity index (χ1) is 5.57. The highest BCUT2D eigenvalue weighted by molar-refractivity contribution is 5.23. The molecule has 0 heterocycles. The fourth-order valence-corrected chi connectivity index (χ4v) is 0.586. The van der Waals surface area contributed by atoms with E-state index >= 15 is 0 Å². The lowest BCUT2D eigenvalue weighted by Crippen LogP contribution is -1.98. The van der Waals surface area contributed by atoms with Gasteiger partial charge in [0.2, 0.25) is 0 Å². The molecule has 0 saturated heterocycles. The molecule has 3 heteroatoms. The molecule has 0 aliphatic carbocycles. The standard InChI is InChI=1S/C9H15NO2/c1-7(5-6-10)3-4-9(12)8(2)11/h3-4,11-12H,1,5-6,10H2,2H3/b4-3-,9-8-. The van der Waals surface area contributed by atoms with Crippen molar-refractivity contribution in [1.82, 2.24) is 0 Å². The van der Waals surface area contributed by atoms with E-state index < -0.39 is 0 Å². The van der Waals surface area contributed by atoms with Gasteiger partial charge in [-0.3, -0.25) is 0 Å². The summed E-state index contributed by atoms with van der Waals surface area (Å²) in [6, 6.07) is 0. The molecule has 4 N–H and O–H groups in total. The zero-order valence-electron chi connectivity index (χ0n) is 7.25. The molecule has 0 rings (SSSR count). The third-order valence-corrected chi connectivity index (χ3v) is 1.31. The van der Waals surface area contributed by atoms with Crippen molar-refractivity contribution in [3.63, 3.8) is 0 Å². The molecule has 0 aliphatic heterocycles. The number of hydrogen-bond acceptors (Lipinski definition) is 3. The van der Waals surface area contributed by atoms with Crippen molar-refractivity contribution in [1.29, 1.82) is 0 Å². The number of rotatable bonds is 4. The Hall–Kier alpha value is -1.22. The quantitative estimate of drug-likeness (QED) is 0.444. The molecule has 0 fully saturated rings. The first-order valence-electron chi connectivity index (χ1n) is 3.72. The van der Waals surface area contributed by atoms with Gasteiger partial charge in [0.25, 0.3) is 0 Å². The number of hydrogen-bond donors (Lipinski definition) is 3. The van der Waals surface area contributed by atoms with Gasteiger partial charge in [0.1, 0.15) is 5.76 Å². The largest absolute Gasteiger partial charge is 0.509 e. The normalized spacial score (nSPS) is 13.2. The van der Waals surface area contributed by atoms with E-state index in [4.69, 9.17) is 15.9 Å². The zero-order valence-corrected chi connectivity index (χ0v) is 7.25. The predicted octanol–water partition coefficient (Wildman–Crippen LogP) is 1.80. The summed E-state index contributed by atoms with van der Waals surface area (Å²) in [4.78, 5) is 0. The molecule has 0 aromatic heterocycles. The van der Waals surface area contributed by atoms with Gasteiger partial charge in [0.15, 0.2) is 5.76 Å². The second-order valence-electron chi connectivity index (χ2n) is 2.50. The molecule has 0 aromatic carbocycles. The maximum atomic E-state index is 9.01. The van der Waals surface area contributed by atoms with Gasteiger partial charge >= 0.3 is 0 Å². The Labute approximate surface area is 72.5 Å². The molecule has 0 unspecified atom stereocenters. The predicted molar refractivity (Wildman–Crippen MR) is 49.9 cm³/mol. The Morgan fingerprint density at radius 3 is 2.42 bits per heavy atom. The van der Waals surface area contributed by atoms with Crippen molar-refractivity contribution in [2.75, 3.05) is 6.54 Å². The van der Waals surface area contributed by atoms with Crippen LogP contribution in [0, 0.1) is 0 Å². The van der Waals surface area contributed by atoms with Crippen molar-refractivity contribution < 1.29 is 10.2 Å². The van der Waals surface area contributed by atoms with Crippen LogP contribution in [0.25, 0.3) is 0 Å². The average molecular weight is 169 g/mol. The fourth-order valence-electron chi connectivity index (χ4n) is 0.586. The van der Waals surface area contributed by atoms with Gasteiger partial charge in [-0.1, -0.05) is 18.2 Å². The fraction of sp³-hybridized carbons (Fsp3) is 0.333. The van der Waals surface area contributed by atoms with E-state index in [1.54, 1.807) is 6.08 Å². The second-order valence-corrected chi connectivity index (χ2v) is 2.50. The maximum absolute atomic E-state index is 9.01. The van der Waals surface area contributed by atoms with Crippen LogP contribution in [0.2, 0.25) is 0 Å². The van der Waals surface area contributed by atoms with Crippen LogP contribution in [-0.4, -0.2) is 16.8 Å². The lowest BCUT2D eigenvalue weighted by Gasteiger charge is -1.96. The third-order valence-electron chi connectivity index (χ3n) is 1.31. The minimum atomic E-state index is -0.145. The molecular weight excluding hydrogens is 154 g/mol. The average Bonchev–Trinajstić information content (AvgIpc) is 2.00. The molecule has 0 radical (unpaired) electrons. The molecular formula is C9H15NO2. The highest BCUT2D eigenvalue weighted by Crippen LogP contribution is 2.03. The summed E-state index contributed by atoms with van der Waals surface area (Å²) >= 11 is 0. The third kappa shape index (κ3) is 4.57. The maximum Gasteiger partial charge on any atom is 0.152 e. The van der Waals surface area contributed by atoms with Crippen LogP contribution in [-0.2, 0) is 0 Å². The first-order valence-corrected chi connectivity index (χ1v) is 3.72. The Morgan fingerprint density at radius 2 is 2.00 bits per heavy atom. The van der Waals surface area contributed by atoms with Gasteiger partial charge < -0.3 is 15.9 Å². The van der Waals surface area contributed by atoms with Crippen LogP contribution < -0.4 is 5.73 Å². The monoisotopic (exact) mass is 169 g/mol. The SMILES string of the molecule is C=C(/C=C\C(O)=C(/C)O)CCN. The van der Waals surface area contributed by atoms with E-state index in [0.29, 0.717) is 13.0 Å². The van der Waals surface area contributed by atoms with E-state index in [9.17, 15) is 0 Å². The van der Waals surface area contributed by atoms with Crippen LogP contribution in [0.1, 0.15) is 13.3 Å². The van der Waals surface area contributed by atoms with Gasteiger partial charge in [-0.25, -0.2) is 0 Å². The number of aliphatic hydroxyl groups is 2. The van der Waals surface area contributed by atoms with Gasteiger partial charge in [-0.05, 0) is 26.0 Å². The van der Waals surface area contributed by atoms with Gasteiger partial charge in [-0.2, -0.15) is 0 Å². The topological polar surface area (TPSA) is 66.5 Å². The summed E-state index contributed by atoms with van der Waals surface area (Å²) < 4.78 is 0. The summed E-state index contributed by atoms with van der Waals surface area (Å²) in [6.45, 7) is 5.64. The van der Waals surface area contributed by atoms with E-state index in [2.05, 4.69) is 6.58 Å². The molecule has 12 heavy (non-hydrogen) atoms. The Morgan fingerprint density at radius 1 is 1.42 bits per heavy atom. The molecule has 0 spiro atoms. The van der Waals surface area contributed by atoms with Crippen molar-refractivity contribution in [3.8, 4) is 0 Å². The Bertz CT molecular complexity index is 213. The molecule has 0 bridgehead atoms. The molecule has 0 aliphatic rings. The Kier molecular flexibility index (Phi) is 4.88. The molecule has 0 amide bonds. The lowest BCUT2D eigenvalue weighted by atomic mass is 10.2. The highest BCUT2D eigenvalue weighted by Gasteiger charge is 1.91. The lowest BCUT2D eigenvalue weighted by molar-refractivity contribution is 0.340. The molecule has 3 nitrogen and oxygen atoms in total. The van der Waals surface area contributed by atoms with Gasteiger partial charge in [-0.15, -0.1) is 0 Å². The van der Waals surface area contributed by atoms with Crippen molar-refractivity contribution in [2.45, 2.75) is 13.3 Å². The van der Waals surface area contributed by atoms with Crippen molar-refractivity contribution in [2.24, 2.45) is 5.73 Å². The van der Waals surface area contributed by atoms with E-state index in [1.807, 2.05) is 0 Å². The molecule has 0 atom stereocenters. The highest BCUT2D eigenvalue weighted by atomic mass is 16.3. The van der Waals surface area contributed by atoms with Gasteiger partial charge in [0.05, 0.1) is 0 Å². The Balaban J connectivity index is 4.08. The zero-order chi connectivity index (χ0) is 9.56. The van der Waals surface area contributed by atoms with Crippen molar-refractivity contribution >= 4 is 0 Å². The minimum Gasteiger partial charge on any atom is -0.509 e. The van der Waals surface area contributed by atoms with E-state index in [1.165, 1.54) is 13.0 Å². The summed E-state index contributed by atoms with van der Waals surface area (Å²) in [5.74, 6) is -0.250. The van der Waals surface area contributed by atoms with Crippen LogP contribution in [0.15, 0.2) is 35.8 Å². The van der Waals surface area contributed by atoms with Crippen LogP contribution in [0.3, 0.4) is 0 Å². The van der Waals surface area contributed by atoms with E-state index in [-0.39, 0.29) is 11.5 Å².